The summed E-state index contributed by atoms with van der Waals surface area (Å²) < 4.78 is 0. The number of thiazole rings is 1. The van der Waals surface area contributed by atoms with E-state index in [1.807, 2.05) is 31.4 Å². The fourth-order valence-electron chi connectivity index (χ4n) is 4.22. The van der Waals surface area contributed by atoms with E-state index in [9.17, 15) is 9.59 Å². The Morgan fingerprint density at radius 2 is 2.07 bits per heavy atom. The van der Waals surface area contributed by atoms with Gasteiger partial charge in [0.05, 0.1) is 6.04 Å². The van der Waals surface area contributed by atoms with Gasteiger partial charge in [-0.05, 0) is 49.4 Å². The average molecular weight is 422 g/mol. The minimum atomic E-state index is -0.363. The normalized spacial score (nSPS) is 19.6. The monoisotopic (exact) mass is 421 g/mol. The molecule has 0 aliphatic carbocycles. The lowest BCUT2D eigenvalue weighted by molar-refractivity contribution is -0.123. The molecule has 2 amide bonds. The average Bonchev–Trinajstić information content (AvgIpc) is 3.32. The quantitative estimate of drug-likeness (QED) is 0.592. The van der Waals surface area contributed by atoms with Crippen LogP contribution < -0.4 is 10.6 Å². The fourth-order valence-corrected chi connectivity index (χ4v) is 5.02. The van der Waals surface area contributed by atoms with Gasteiger partial charge in [0.2, 0.25) is 11.8 Å². The number of hydrogen-bond donors (Lipinski definition) is 2. The van der Waals surface area contributed by atoms with Gasteiger partial charge in [0.25, 0.3) is 0 Å². The Hall–Kier alpha value is -2.73. The molecule has 2 N–H and O–H groups in total. The molecule has 3 aromatic rings. The van der Waals surface area contributed by atoms with Crippen molar-refractivity contribution in [3.63, 3.8) is 0 Å². The summed E-state index contributed by atoms with van der Waals surface area (Å²) in [5.74, 6) is 0.0669. The van der Waals surface area contributed by atoms with Gasteiger partial charge in [-0.3, -0.25) is 9.59 Å². The van der Waals surface area contributed by atoms with E-state index < -0.39 is 0 Å². The highest BCUT2D eigenvalue weighted by atomic mass is 32.1. The molecule has 1 aliphatic rings. The molecule has 0 saturated carbocycles. The molecule has 2 aromatic carbocycles. The molecule has 0 spiro atoms. The van der Waals surface area contributed by atoms with Crippen LogP contribution >= 0.6 is 11.3 Å². The Morgan fingerprint density at radius 1 is 1.27 bits per heavy atom. The number of rotatable bonds is 7. The number of fused-ring (bicyclic) bond motifs is 1. The lowest BCUT2D eigenvalue weighted by atomic mass is 9.84. The van der Waals surface area contributed by atoms with Crippen LogP contribution in [0.25, 0.3) is 10.8 Å². The van der Waals surface area contributed by atoms with Crippen molar-refractivity contribution in [3.05, 3.63) is 64.1 Å². The molecular formula is C24H27N3O2S. The third kappa shape index (κ3) is 4.70. The standard InChI is InChI=1S/C24H27N3O2S/c1-16-15-30-23(25-16)17(2)26-21(28)9-11-24(12-10-22(29)27-24)14-18-7-8-19-5-3-4-6-20(19)13-18/h3-8,13,15,17H,9-12,14H2,1-2H3,(H,26,28)(H,27,29)/t17-,24-/m0/s1. The summed E-state index contributed by atoms with van der Waals surface area (Å²) in [6, 6.07) is 14.6. The largest absolute Gasteiger partial charge is 0.350 e. The van der Waals surface area contributed by atoms with E-state index >= 15 is 0 Å². The molecule has 0 unspecified atom stereocenters. The second-order valence-electron chi connectivity index (χ2n) is 8.30. The van der Waals surface area contributed by atoms with Gasteiger partial charge in [0, 0.05) is 29.5 Å². The maximum Gasteiger partial charge on any atom is 0.220 e. The van der Waals surface area contributed by atoms with Crippen molar-refractivity contribution in [2.45, 2.75) is 57.5 Å². The van der Waals surface area contributed by atoms with Crippen LogP contribution in [0.3, 0.4) is 0 Å². The van der Waals surface area contributed by atoms with E-state index in [2.05, 4.69) is 45.9 Å². The van der Waals surface area contributed by atoms with Gasteiger partial charge in [-0.25, -0.2) is 4.98 Å². The molecule has 6 heteroatoms. The fraction of sp³-hybridized carbons (Fsp3) is 0.375. The number of aromatic nitrogens is 1. The van der Waals surface area contributed by atoms with Crippen molar-refractivity contribution < 1.29 is 9.59 Å². The van der Waals surface area contributed by atoms with Gasteiger partial charge in [-0.1, -0.05) is 42.5 Å². The minimum Gasteiger partial charge on any atom is -0.350 e. The predicted octanol–water partition coefficient (Wildman–Crippen LogP) is 4.45. The van der Waals surface area contributed by atoms with E-state index in [-0.39, 0.29) is 23.4 Å². The molecule has 156 valence electrons. The first-order valence-corrected chi connectivity index (χ1v) is 11.3. The molecule has 0 radical (unpaired) electrons. The lowest BCUT2D eigenvalue weighted by Gasteiger charge is -2.29. The Labute approximate surface area is 180 Å². The Balaban J connectivity index is 1.42. The SMILES string of the molecule is Cc1csc([C@H](C)NC(=O)CC[C@@]2(Cc3ccc4ccccc4c3)CCC(=O)N2)n1. The smallest absolute Gasteiger partial charge is 0.220 e. The number of carbonyl (C=O) groups is 2. The first kappa shape index (κ1) is 20.5. The number of nitrogens with one attached hydrogen (secondary N) is 2. The number of aryl methyl sites for hydroxylation is 1. The third-order valence-electron chi connectivity index (χ3n) is 5.81. The van der Waals surface area contributed by atoms with Crippen LogP contribution in [-0.4, -0.2) is 22.3 Å². The van der Waals surface area contributed by atoms with Crippen molar-refractivity contribution in [3.8, 4) is 0 Å². The molecule has 1 aromatic heterocycles. The number of nitrogens with zero attached hydrogens (tertiary/aromatic N) is 1. The summed E-state index contributed by atoms with van der Waals surface area (Å²) in [6.07, 6.45) is 3.01. The highest BCUT2D eigenvalue weighted by molar-refractivity contribution is 7.09. The molecule has 5 nitrogen and oxygen atoms in total. The van der Waals surface area contributed by atoms with Crippen LogP contribution in [0, 0.1) is 6.92 Å². The summed E-state index contributed by atoms with van der Waals surface area (Å²) in [7, 11) is 0. The van der Waals surface area contributed by atoms with Gasteiger partial charge < -0.3 is 10.6 Å². The maximum atomic E-state index is 12.6. The van der Waals surface area contributed by atoms with Gasteiger partial charge >= 0.3 is 0 Å². The van der Waals surface area contributed by atoms with Crippen LogP contribution in [0.5, 0.6) is 0 Å². The summed E-state index contributed by atoms with van der Waals surface area (Å²) in [4.78, 5) is 29.1. The number of benzene rings is 2. The Kier molecular flexibility index (Phi) is 5.86. The van der Waals surface area contributed by atoms with E-state index in [1.54, 1.807) is 11.3 Å². The highest BCUT2D eigenvalue weighted by Crippen LogP contribution is 2.31. The first-order valence-electron chi connectivity index (χ1n) is 10.4. The zero-order valence-electron chi connectivity index (χ0n) is 17.4. The van der Waals surface area contributed by atoms with Gasteiger partial charge in [0.1, 0.15) is 5.01 Å². The zero-order chi connectivity index (χ0) is 21.1. The molecular weight excluding hydrogens is 394 g/mol. The van der Waals surface area contributed by atoms with Crippen LogP contribution in [0.15, 0.2) is 47.8 Å². The highest BCUT2D eigenvalue weighted by Gasteiger charge is 2.38. The van der Waals surface area contributed by atoms with E-state index in [0.717, 1.165) is 23.5 Å². The van der Waals surface area contributed by atoms with Gasteiger partial charge in [-0.15, -0.1) is 11.3 Å². The van der Waals surface area contributed by atoms with Crippen molar-refractivity contribution in [1.82, 2.24) is 15.6 Å². The summed E-state index contributed by atoms with van der Waals surface area (Å²) in [5, 5.41) is 11.5. The zero-order valence-corrected chi connectivity index (χ0v) is 18.2. The van der Waals surface area contributed by atoms with Crippen molar-refractivity contribution >= 4 is 33.9 Å². The Bertz CT molecular complexity index is 1080. The van der Waals surface area contributed by atoms with E-state index in [1.165, 1.54) is 16.3 Å². The summed E-state index contributed by atoms with van der Waals surface area (Å²) >= 11 is 1.56. The third-order valence-corrected chi connectivity index (χ3v) is 6.95. The maximum absolute atomic E-state index is 12.6. The van der Waals surface area contributed by atoms with Crippen LogP contribution in [-0.2, 0) is 16.0 Å². The number of carbonyl (C=O) groups excluding carboxylic acids is 2. The van der Waals surface area contributed by atoms with Crippen molar-refractivity contribution in [1.29, 1.82) is 0 Å². The number of amides is 2. The van der Waals surface area contributed by atoms with Gasteiger partial charge in [0.15, 0.2) is 0 Å². The van der Waals surface area contributed by atoms with Crippen molar-refractivity contribution in [2.75, 3.05) is 0 Å². The molecule has 1 aliphatic heterocycles. The van der Waals surface area contributed by atoms with E-state index in [0.29, 0.717) is 19.3 Å². The molecule has 30 heavy (non-hydrogen) atoms. The molecule has 4 rings (SSSR count). The molecule has 1 saturated heterocycles. The predicted molar refractivity (Wildman–Crippen MR) is 120 cm³/mol. The topological polar surface area (TPSA) is 71.1 Å². The molecule has 2 heterocycles. The van der Waals surface area contributed by atoms with Crippen LogP contribution in [0.1, 0.15) is 54.9 Å². The second kappa shape index (κ2) is 8.56. The lowest BCUT2D eigenvalue weighted by Crippen LogP contribution is -2.44. The van der Waals surface area contributed by atoms with Gasteiger partial charge in [-0.2, -0.15) is 0 Å². The molecule has 1 fully saturated rings. The van der Waals surface area contributed by atoms with Crippen LogP contribution in [0.4, 0.5) is 0 Å². The number of hydrogen-bond acceptors (Lipinski definition) is 4. The first-order chi connectivity index (χ1) is 14.4. The molecule has 2 atom stereocenters. The summed E-state index contributed by atoms with van der Waals surface area (Å²) in [5.41, 5.74) is 1.79. The van der Waals surface area contributed by atoms with Crippen LogP contribution in [0.2, 0.25) is 0 Å². The second-order valence-corrected chi connectivity index (χ2v) is 9.19. The minimum absolute atomic E-state index is 0.00520. The van der Waals surface area contributed by atoms with Crippen molar-refractivity contribution in [2.24, 2.45) is 0 Å². The molecule has 0 bridgehead atoms. The summed E-state index contributed by atoms with van der Waals surface area (Å²) in [6.45, 7) is 3.91. The van der Waals surface area contributed by atoms with E-state index in [4.69, 9.17) is 0 Å². The Morgan fingerprint density at radius 3 is 2.77 bits per heavy atom.